The molecule has 0 aromatic heterocycles. The van der Waals surface area contributed by atoms with Crippen molar-refractivity contribution in [1.29, 1.82) is 0 Å². The summed E-state index contributed by atoms with van der Waals surface area (Å²) in [6, 6.07) is 0. The van der Waals surface area contributed by atoms with Crippen molar-refractivity contribution in [3.05, 3.63) is 0 Å². The predicted molar refractivity (Wildman–Crippen MR) is 42.1 cm³/mol. The lowest BCUT2D eigenvalue weighted by Crippen LogP contribution is -2.65. The maximum atomic E-state index is 10.9. The van der Waals surface area contributed by atoms with Gasteiger partial charge in [0.2, 0.25) is 5.91 Å². The van der Waals surface area contributed by atoms with Crippen LogP contribution in [0.5, 0.6) is 0 Å². The van der Waals surface area contributed by atoms with Crippen molar-refractivity contribution in [2.75, 3.05) is 0 Å². The molecule has 68 valence electrons. The summed E-state index contributed by atoms with van der Waals surface area (Å²) in [4.78, 5) is 21.8. The highest BCUT2D eigenvalue weighted by Crippen LogP contribution is 2.30. The molecule has 0 saturated carbocycles. The van der Waals surface area contributed by atoms with E-state index in [1.165, 1.54) is 0 Å². The fourth-order valence-corrected chi connectivity index (χ4v) is 0.918. The van der Waals surface area contributed by atoms with E-state index in [2.05, 4.69) is 5.32 Å². The zero-order valence-electron chi connectivity index (χ0n) is 7.51. The Morgan fingerprint density at radius 1 is 1.67 bits per heavy atom. The van der Waals surface area contributed by atoms with Crippen LogP contribution in [0.1, 0.15) is 27.2 Å². The van der Waals surface area contributed by atoms with Crippen molar-refractivity contribution in [3.63, 3.8) is 0 Å². The van der Waals surface area contributed by atoms with Gasteiger partial charge in [-0.2, -0.15) is 0 Å². The number of amides is 1. The summed E-state index contributed by atoms with van der Waals surface area (Å²) in [6.07, 6.45) is -0.111. The number of carbonyl (C=O) groups is 2. The van der Waals surface area contributed by atoms with Crippen LogP contribution in [0.4, 0.5) is 0 Å². The fourth-order valence-electron chi connectivity index (χ4n) is 0.918. The first-order valence-corrected chi connectivity index (χ1v) is 3.99. The molecule has 0 bridgehead atoms. The molecule has 12 heavy (non-hydrogen) atoms. The third-order valence-corrected chi connectivity index (χ3v) is 2.04. The smallest absolute Gasteiger partial charge is 0.307 e. The Labute approximate surface area is 71.3 Å². The predicted octanol–water partition coefficient (Wildman–Crippen LogP) is 0.422. The van der Waals surface area contributed by atoms with E-state index in [-0.39, 0.29) is 11.9 Å². The maximum Gasteiger partial charge on any atom is 0.307 e. The Morgan fingerprint density at radius 2 is 2.25 bits per heavy atom. The molecule has 1 N–H and O–H groups in total. The third kappa shape index (κ3) is 1.29. The Morgan fingerprint density at radius 3 is 2.58 bits per heavy atom. The lowest BCUT2D eigenvalue weighted by molar-refractivity contribution is -0.179. The van der Waals surface area contributed by atoms with Crippen LogP contribution in [0, 0.1) is 5.41 Å². The molecule has 1 saturated heterocycles. The van der Waals surface area contributed by atoms with Gasteiger partial charge in [-0.25, -0.2) is 0 Å². The van der Waals surface area contributed by atoms with E-state index in [0.717, 1.165) is 0 Å². The summed E-state index contributed by atoms with van der Waals surface area (Å²) >= 11 is 0. The molecule has 1 fully saturated rings. The molecule has 0 radical (unpaired) electrons. The van der Waals surface area contributed by atoms with Crippen molar-refractivity contribution in [2.45, 2.75) is 33.4 Å². The molecular formula is C8H13NO3. The second kappa shape index (κ2) is 2.77. The van der Waals surface area contributed by atoms with Gasteiger partial charge in [0.15, 0.2) is 6.23 Å². The molecule has 1 amide bonds. The SMILES string of the molecule is CCC(=O)OC1NC(=O)C1(C)C. The average Bonchev–Trinajstić information content (AvgIpc) is 2.03. The molecule has 0 aromatic rings. The van der Waals surface area contributed by atoms with Crippen LogP contribution in [-0.4, -0.2) is 18.1 Å². The van der Waals surface area contributed by atoms with Crippen LogP contribution in [0.15, 0.2) is 0 Å². The molecule has 0 aromatic carbocycles. The van der Waals surface area contributed by atoms with E-state index >= 15 is 0 Å². The van der Waals surface area contributed by atoms with Crippen molar-refractivity contribution >= 4 is 11.9 Å². The van der Waals surface area contributed by atoms with Crippen LogP contribution in [0.25, 0.3) is 0 Å². The maximum absolute atomic E-state index is 10.9. The van der Waals surface area contributed by atoms with Crippen molar-refractivity contribution < 1.29 is 14.3 Å². The molecular weight excluding hydrogens is 158 g/mol. The van der Waals surface area contributed by atoms with Crippen molar-refractivity contribution in [1.82, 2.24) is 5.32 Å². The zero-order chi connectivity index (χ0) is 9.35. The van der Waals surface area contributed by atoms with Gasteiger partial charge >= 0.3 is 5.97 Å². The summed E-state index contributed by atoms with van der Waals surface area (Å²) in [7, 11) is 0. The second-order valence-corrected chi connectivity index (χ2v) is 3.42. The van der Waals surface area contributed by atoms with Crippen LogP contribution in [-0.2, 0) is 14.3 Å². The molecule has 1 unspecified atom stereocenters. The topological polar surface area (TPSA) is 55.4 Å². The number of nitrogens with one attached hydrogen (secondary N) is 1. The minimum Gasteiger partial charge on any atom is -0.441 e. The first kappa shape index (κ1) is 9.03. The highest BCUT2D eigenvalue weighted by Gasteiger charge is 2.49. The molecule has 1 atom stereocenters. The van der Waals surface area contributed by atoms with Crippen LogP contribution >= 0.6 is 0 Å². The van der Waals surface area contributed by atoms with E-state index in [4.69, 9.17) is 4.74 Å². The van der Waals surface area contributed by atoms with Gasteiger partial charge in [-0.3, -0.25) is 9.59 Å². The summed E-state index contributed by atoms with van der Waals surface area (Å²) in [6.45, 7) is 5.22. The standard InChI is InChI=1S/C8H13NO3/c1-4-5(10)12-7-8(2,3)6(11)9-7/h7H,4H2,1-3H3,(H,9,11). The van der Waals surface area contributed by atoms with Crippen molar-refractivity contribution in [3.8, 4) is 0 Å². The lowest BCUT2D eigenvalue weighted by atomic mass is 9.83. The zero-order valence-corrected chi connectivity index (χ0v) is 7.51. The Bertz CT molecular complexity index is 222. The number of carbonyl (C=O) groups excluding carboxylic acids is 2. The summed E-state index contributed by atoms with van der Waals surface area (Å²) in [5.74, 6) is -0.357. The molecule has 1 rings (SSSR count). The van der Waals surface area contributed by atoms with Crippen LogP contribution in [0.3, 0.4) is 0 Å². The van der Waals surface area contributed by atoms with E-state index in [0.29, 0.717) is 6.42 Å². The van der Waals surface area contributed by atoms with Gasteiger partial charge in [0.1, 0.15) is 0 Å². The van der Waals surface area contributed by atoms with Gasteiger partial charge in [-0.1, -0.05) is 6.92 Å². The minimum absolute atomic E-state index is 0.0728. The van der Waals surface area contributed by atoms with E-state index in [9.17, 15) is 9.59 Å². The van der Waals surface area contributed by atoms with Gasteiger partial charge in [0.25, 0.3) is 0 Å². The van der Waals surface area contributed by atoms with Gasteiger partial charge in [-0.15, -0.1) is 0 Å². The molecule has 0 spiro atoms. The largest absolute Gasteiger partial charge is 0.441 e. The highest BCUT2D eigenvalue weighted by atomic mass is 16.6. The van der Waals surface area contributed by atoms with Crippen LogP contribution in [0.2, 0.25) is 0 Å². The van der Waals surface area contributed by atoms with Crippen molar-refractivity contribution in [2.24, 2.45) is 5.41 Å². The van der Waals surface area contributed by atoms with E-state index < -0.39 is 11.6 Å². The first-order chi connectivity index (χ1) is 5.48. The lowest BCUT2D eigenvalue weighted by Gasteiger charge is -2.42. The summed E-state index contributed by atoms with van der Waals surface area (Å²) in [5, 5.41) is 2.52. The molecule has 0 aliphatic carbocycles. The van der Waals surface area contributed by atoms with Crippen LogP contribution < -0.4 is 5.32 Å². The Balaban J connectivity index is 2.47. The Kier molecular flexibility index (Phi) is 2.08. The average molecular weight is 171 g/mol. The molecule has 1 aliphatic rings. The number of rotatable bonds is 2. The first-order valence-electron chi connectivity index (χ1n) is 3.99. The molecule has 4 nitrogen and oxygen atoms in total. The van der Waals surface area contributed by atoms with Gasteiger partial charge in [0.05, 0.1) is 5.41 Å². The molecule has 1 heterocycles. The number of ether oxygens (including phenoxy) is 1. The van der Waals surface area contributed by atoms with E-state index in [1.54, 1.807) is 20.8 Å². The number of hydrogen-bond donors (Lipinski definition) is 1. The summed E-state index contributed by atoms with van der Waals surface area (Å²) in [5.41, 5.74) is -0.565. The molecule has 4 heteroatoms. The summed E-state index contributed by atoms with van der Waals surface area (Å²) < 4.78 is 4.95. The second-order valence-electron chi connectivity index (χ2n) is 3.42. The Hall–Kier alpha value is -1.06. The normalized spacial score (nSPS) is 25.6. The quantitative estimate of drug-likeness (QED) is 0.484. The third-order valence-electron chi connectivity index (χ3n) is 2.04. The molecule has 1 aliphatic heterocycles. The van der Waals surface area contributed by atoms with E-state index in [1.807, 2.05) is 0 Å². The fraction of sp³-hybridized carbons (Fsp3) is 0.750. The highest BCUT2D eigenvalue weighted by molar-refractivity contribution is 5.89. The van der Waals surface area contributed by atoms with Gasteiger partial charge < -0.3 is 10.1 Å². The number of hydrogen-bond acceptors (Lipinski definition) is 3. The monoisotopic (exact) mass is 171 g/mol. The number of esters is 1. The van der Waals surface area contributed by atoms with Gasteiger partial charge in [-0.05, 0) is 13.8 Å². The van der Waals surface area contributed by atoms with Gasteiger partial charge in [0, 0.05) is 6.42 Å². The number of β-lactam (4-membered cyclic amide) rings is 1. The minimum atomic E-state index is -0.565.